The predicted molar refractivity (Wildman–Crippen MR) is 122 cm³/mol. The molecule has 3 heterocycles. The first-order valence-electron chi connectivity index (χ1n) is 11.5. The smallest absolute Gasteiger partial charge is 0.208 e. The lowest BCUT2D eigenvalue weighted by molar-refractivity contribution is -0.187. The fourth-order valence-electron chi connectivity index (χ4n) is 5.11. The zero-order valence-electron chi connectivity index (χ0n) is 18.5. The Kier molecular flexibility index (Phi) is 6.14. The second-order valence-corrected chi connectivity index (χ2v) is 8.70. The summed E-state index contributed by atoms with van der Waals surface area (Å²) in [5.41, 5.74) is 3.84. The van der Waals surface area contributed by atoms with Crippen molar-refractivity contribution in [1.29, 1.82) is 0 Å². The zero-order valence-corrected chi connectivity index (χ0v) is 18.5. The SMILES string of the molecule is COc1ccc(N2CCN(CCCN3Cc4ccccc4C4(C3)OCCO4)CC2)cc1. The van der Waals surface area contributed by atoms with Crippen molar-refractivity contribution in [2.24, 2.45) is 0 Å². The normalized spacial score (nSPS) is 21.4. The van der Waals surface area contributed by atoms with E-state index in [4.69, 9.17) is 14.2 Å². The number of rotatable bonds is 6. The Hall–Kier alpha value is -2.12. The van der Waals surface area contributed by atoms with Gasteiger partial charge in [-0.3, -0.25) is 9.80 Å². The molecular weight excluding hydrogens is 390 g/mol. The molecular formula is C25H33N3O3. The molecule has 1 spiro atoms. The van der Waals surface area contributed by atoms with E-state index in [9.17, 15) is 0 Å². The van der Waals surface area contributed by atoms with Crippen molar-refractivity contribution in [3.8, 4) is 5.75 Å². The maximum atomic E-state index is 6.12. The maximum absolute atomic E-state index is 6.12. The molecule has 0 amide bonds. The lowest BCUT2D eigenvalue weighted by atomic mass is 9.94. The van der Waals surface area contributed by atoms with Gasteiger partial charge in [0.25, 0.3) is 0 Å². The monoisotopic (exact) mass is 423 g/mol. The molecule has 6 heteroatoms. The Labute approximate surface area is 185 Å². The van der Waals surface area contributed by atoms with Crippen molar-refractivity contribution >= 4 is 5.69 Å². The van der Waals surface area contributed by atoms with E-state index in [1.165, 1.54) is 23.2 Å². The van der Waals surface area contributed by atoms with E-state index >= 15 is 0 Å². The van der Waals surface area contributed by atoms with Crippen LogP contribution in [0, 0.1) is 0 Å². The van der Waals surface area contributed by atoms with E-state index in [1.807, 2.05) is 12.1 Å². The third-order valence-corrected chi connectivity index (χ3v) is 6.77. The Morgan fingerprint density at radius 1 is 0.871 bits per heavy atom. The van der Waals surface area contributed by atoms with Gasteiger partial charge in [0.1, 0.15) is 5.75 Å². The molecule has 0 radical (unpaired) electrons. The standard InChI is InChI=1S/C25H33N3O3/c1-29-23-9-7-22(8-10-23)28-15-13-26(14-16-28)11-4-12-27-19-21-5-2-3-6-24(21)25(20-27)30-17-18-31-25/h2-3,5-10H,4,11-20H2,1H3. The third kappa shape index (κ3) is 4.44. The quantitative estimate of drug-likeness (QED) is 0.711. The average Bonchev–Trinajstić information content (AvgIpc) is 3.28. The number of anilines is 1. The van der Waals surface area contributed by atoms with E-state index in [0.717, 1.165) is 58.1 Å². The van der Waals surface area contributed by atoms with Crippen LogP contribution in [-0.2, 0) is 21.8 Å². The maximum Gasteiger partial charge on any atom is 0.208 e. The van der Waals surface area contributed by atoms with Crippen LogP contribution in [0.25, 0.3) is 0 Å². The molecule has 0 bridgehead atoms. The second kappa shape index (κ2) is 9.17. The minimum absolute atomic E-state index is 0.557. The minimum atomic E-state index is -0.557. The summed E-state index contributed by atoms with van der Waals surface area (Å²) in [6.45, 7) is 9.77. The number of hydrogen-bond acceptors (Lipinski definition) is 6. The van der Waals surface area contributed by atoms with Crippen LogP contribution >= 0.6 is 0 Å². The van der Waals surface area contributed by atoms with E-state index < -0.39 is 5.79 Å². The average molecular weight is 424 g/mol. The summed E-state index contributed by atoms with van der Waals surface area (Å²) in [5.74, 6) is 0.358. The highest BCUT2D eigenvalue weighted by atomic mass is 16.7. The molecule has 0 aliphatic carbocycles. The predicted octanol–water partition coefficient (Wildman–Crippen LogP) is 2.92. The van der Waals surface area contributed by atoms with Gasteiger partial charge in [0.05, 0.1) is 26.9 Å². The van der Waals surface area contributed by atoms with E-state index in [0.29, 0.717) is 13.2 Å². The highest BCUT2D eigenvalue weighted by Crippen LogP contribution is 2.38. The molecule has 3 aliphatic heterocycles. The molecule has 2 aromatic rings. The van der Waals surface area contributed by atoms with Crippen molar-refractivity contribution in [2.45, 2.75) is 18.8 Å². The van der Waals surface area contributed by atoms with Crippen LogP contribution in [0.15, 0.2) is 48.5 Å². The van der Waals surface area contributed by atoms with Crippen molar-refractivity contribution in [2.75, 3.05) is 71.0 Å². The number of hydrogen-bond donors (Lipinski definition) is 0. The van der Waals surface area contributed by atoms with Crippen LogP contribution in [0.2, 0.25) is 0 Å². The number of benzene rings is 2. The molecule has 166 valence electrons. The van der Waals surface area contributed by atoms with E-state index in [2.05, 4.69) is 51.1 Å². The third-order valence-electron chi connectivity index (χ3n) is 6.77. The van der Waals surface area contributed by atoms with Crippen LogP contribution in [0.4, 0.5) is 5.69 Å². The Morgan fingerprint density at radius 2 is 1.58 bits per heavy atom. The van der Waals surface area contributed by atoms with Gasteiger partial charge in [0, 0.05) is 44.0 Å². The molecule has 2 aromatic carbocycles. The molecule has 5 rings (SSSR count). The summed E-state index contributed by atoms with van der Waals surface area (Å²) in [6, 6.07) is 17.0. The topological polar surface area (TPSA) is 37.4 Å². The number of nitrogens with zero attached hydrogens (tertiary/aromatic N) is 3. The molecule has 0 N–H and O–H groups in total. The van der Waals surface area contributed by atoms with Gasteiger partial charge in [-0.25, -0.2) is 0 Å². The van der Waals surface area contributed by atoms with Gasteiger partial charge in [-0.2, -0.15) is 0 Å². The first-order chi connectivity index (χ1) is 15.3. The Bertz CT molecular complexity index is 859. The van der Waals surface area contributed by atoms with Crippen LogP contribution < -0.4 is 9.64 Å². The summed E-state index contributed by atoms with van der Waals surface area (Å²) in [4.78, 5) is 7.56. The number of piperazine rings is 1. The summed E-state index contributed by atoms with van der Waals surface area (Å²) in [5, 5.41) is 0. The fourth-order valence-corrected chi connectivity index (χ4v) is 5.11. The molecule has 0 atom stereocenters. The van der Waals surface area contributed by atoms with Gasteiger partial charge in [0.2, 0.25) is 5.79 Å². The van der Waals surface area contributed by atoms with Crippen LogP contribution in [0.5, 0.6) is 5.75 Å². The van der Waals surface area contributed by atoms with Crippen LogP contribution in [0.3, 0.4) is 0 Å². The van der Waals surface area contributed by atoms with Gasteiger partial charge in [0.15, 0.2) is 0 Å². The van der Waals surface area contributed by atoms with Gasteiger partial charge < -0.3 is 19.1 Å². The van der Waals surface area contributed by atoms with Crippen molar-refractivity contribution < 1.29 is 14.2 Å². The molecule has 0 aromatic heterocycles. The number of fused-ring (bicyclic) bond motifs is 2. The number of ether oxygens (including phenoxy) is 3. The van der Waals surface area contributed by atoms with Gasteiger partial charge >= 0.3 is 0 Å². The van der Waals surface area contributed by atoms with Gasteiger partial charge in [-0.1, -0.05) is 24.3 Å². The second-order valence-electron chi connectivity index (χ2n) is 8.70. The zero-order chi connectivity index (χ0) is 21.1. The summed E-state index contributed by atoms with van der Waals surface area (Å²) >= 11 is 0. The summed E-state index contributed by atoms with van der Waals surface area (Å²) in [6.07, 6.45) is 1.17. The van der Waals surface area contributed by atoms with Gasteiger partial charge in [-0.15, -0.1) is 0 Å². The van der Waals surface area contributed by atoms with Crippen molar-refractivity contribution in [1.82, 2.24) is 9.80 Å². The van der Waals surface area contributed by atoms with E-state index in [-0.39, 0.29) is 0 Å². The minimum Gasteiger partial charge on any atom is -0.497 e. The molecule has 0 unspecified atom stereocenters. The van der Waals surface area contributed by atoms with E-state index in [1.54, 1.807) is 7.11 Å². The molecule has 6 nitrogen and oxygen atoms in total. The van der Waals surface area contributed by atoms with Crippen molar-refractivity contribution in [3.63, 3.8) is 0 Å². The molecule has 3 aliphatic rings. The van der Waals surface area contributed by atoms with Crippen LogP contribution in [-0.4, -0.2) is 75.9 Å². The largest absolute Gasteiger partial charge is 0.497 e. The summed E-state index contributed by atoms with van der Waals surface area (Å²) < 4.78 is 17.5. The lowest BCUT2D eigenvalue weighted by Crippen LogP contribution is -2.48. The molecule has 0 saturated carbocycles. The first-order valence-corrected chi connectivity index (χ1v) is 11.5. The Balaban J connectivity index is 1.10. The highest BCUT2D eigenvalue weighted by molar-refractivity contribution is 5.49. The van der Waals surface area contributed by atoms with Gasteiger partial charge in [-0.05, 0) is 49.3 Å². The Morgan fingerprint density at radius 3 is 2.32 bits per heavy atom. The molecule has 2 saturated heterocycles. The lowest BCUT2D eigenvalue weighted by Gasteiger charge is -2.40. The molecule has 2 fully saturated rings. The number of methoxy groups -OCH3 is 1. The first kappa shape index (κ1) is 20.8. The molecule has 31 heavy (non-hydrogen) atoms. The van der Waals surface area contributed by atoms with Crippen LogP contribution in [0.1, 0.15) is 17.5 Å². The summed E-state index contributed by atoms with van der Waals surface area (Å²) in [7, 11) is 1.71. The highest BCUT2D eigenvalue weighted by Gasteiger charge is 2.44. The fraction of sp³-hybridized carbons (Fsp3) is 0.520. The van der Waals surface area contributed by atoms with Crippen molar-refractivity contribution in [3.05, 3.63) is 59.7 Å².